The molecule has 0 atom stereocenters. The third-order valence-corrected chi connectivity index (χ3v) is 5.02. The van der Waals surface area contributed by atoms with Gasteiger partial charge in [-0.2, -0.15) is 4.98 Å². The summed E-state index contributed by atoms with van der Waals surface area (Å²) in [4.78, 5) is 7.13. The highest BCUT2D eigenvalue weighted by Crippen LogP contribution is 2.27. The van der Waals surface area contributed by atoms with Gasteiger partial charge in [0, 0.05) is 0 Å². The Kier molecular flexibility index (Phi) is 2.52. The maximum atomic E-state index is 12.0. The summed E-state index contributed by atoms with van der Waals surface area (Å²) < 4.78 is 24.3. The van der Waals surface area contributed by atoms with Crippen LogP contribution in [-0.4, -0.2) is 18.4 Å². The van der Waals surface area contributed by atoms with Crippen molar-refractivity contribution in [2.24, 2.45) is 0 Å². The summed E-state index contributed by atoms with van der Waals surface area (Å²) in [5.41, 5.74) is 10.8. The number of nitrogens with zero attached hydrogens (tertiary/aromatic N) is 2. The maximum absolute atomic E-state index is 12.0. The van der Waals surface area contributed by atoms with Crippen molar-refractivity contribution in [1.82, 2.24) is 9.97 Å². The van der Waals surface area contributed by atoms with E-state index in [2.05, 4.69) is 9.97 Å². The van der Waals surface area contributed by atoms with Gasteiger partial charge in [0.15, 0.2) is 0 Å². The van der Waals surface area contributed by atoms with Crippen LogP contribution in [0.15, 0.2) is 32.8 Å². The van der Waals surface area contributed by atoms with Gasteiger partial charge >= 0.3 is 0 Å². The van der Waals surface area contributed by atoms with E-state index in [1.54, 1.807) is 11.4 Å². The zero-order chi connectivity index (χ0) is 11.8. The van der Waals surface area contributed by atoms with E-state index in [1.165, 1.54) is 6.07 Å². The number of sulfone groups is 1. The van der Waals surface area contributed by atoms with Crippen molar-refractivity contribution in [3.8, 4) is 0 Å². The van der Waals surface area contributed by atoms with E-state index >= 15 is 0 Å². The van der Waals surface area contributed by atoms with Gasteiger partial charge < -0.3 is 11.5 Å². The summed E-state index contributed by atoms with van der Waals surface area (Å²) in [6, 6.07) is 3.14. The van der Waals surface area contributed by atoms with E-state index in [0.717, 1.165) is 17.5 Å². The zero-order valence-corrected chi connectivity index (χ0v) is 9.62. The van der Waals surface area contributed by atoms with Crippen LogP contribution in [0, 0.1) is 0 Å². The maximum Gasteiger partial charge on any atom is 0.221 e. The fourth-order valence-corrected chi connectivity index (χ4v) is 3.51. The topological polar surface area (TPSA) is 112 Å². The first kappa shape index (κ1) is 10.8. The van der Waals surface area contributed by atoms with Crippen molar-refractivity contribution in [2.75, 3.05) is 11.5 Å². The van der Waals surface area contributed by atoms with Crippen molar-refractivity contribution < 1.29 is 8.42 Å². The average Bonchev–Trinajstić information content (AvgIpc) is 2.69. The molecule has 2 heterocycles. The summed E-state index contributed by atoms with van der Waals surface area (Å²) >= 11 is 1.11. The van der Waals surface area contributed by atoms with Crippen molar-refractivity contribution in [2.45, 2.75) is 9.10 Å². The van der Waals surface area contributed by atoms with Crippen LogP contribution in [0.5, 0.6) is 0 Å². The second-order valence-corrected chi connectivity index (χ2v) is 6.01. The van der Waals surface area contributed by atoms with Crippen molar-refractivity contribution in [1.29, 1.82) is 0 Å². The Morgan fingerprint density at radius 3 is 2.62 bits per heavy atom. The van der Waals surface area contributed by atoms with E-state index < -0.39 is 9.84 Å². The lowest BCUT2D eigenvalue weighted by Gasteiger charge is -2.04. The van der Waals surface area contributed by atoms with Crippen LogP contribution < -0.4 is 11.5 Å². The molecule has 2 aromatic heterocycles. The van der Waals surface area contributed by atoms with E-state index in [0.29, 0.717) is 0 Å². The number of nitrogens with two attached hydrogens (primary N) is 2. The first-order chi connectivity index (χ1) is 7.51. The number of hydrogen-bond donors (Lipinski definition) is 2. The summed E-state index contributed by atoms with van der Waals surface area (Å²) in [7, 11) is -3.63. The standard InChI is InChI=1S/C8H8N4O2S2/c9-7-5(4-11-8(10)12-7)16(13,14)6-2-1-3-15-6/h1-4H,(H4,9,10,11,12). The van der Waals surface area contributed by atoms with Crippen LogP contribution in [0.4, 0.5) is 11.8 Å². The molecule has 0 aliphatic heterocycles. The Hall–Kier alpha value is -1.67. The summed E-state index contributed by atoms with van der Waals surface area (Å²) in [6.45, 7) is 0. The SMILES string of the molecule is Nc1ncc(S(=O)(=O)c2cccs2)c(N)n1. The highest BCUT2D eigenvalue weighted by atomic mass is 32.2. The van der Waals surface area contributed by atoms with Crippen molar-refractivity contribution in [3.05, 3.63) is 23.7 Å². The van der Waals surface area contributed by atoms with Gasteiger partial charge in [0.2, 0.25) is 15.8 Å². The minimum atomic E-state index is -3.63. The minimum Gasteiger partial charge on any atom is -0.382 e. The summed E-state index contributed by atoms with van der Waals surface area (Å²) in [5.74, 6) is -0.191. The Bertz CT molecular complexity index is 607. The van der Waals surface area contributed by atoms with Gasteiger partial charge in [-0.15, -0.1) is 11.3 Å². The predicted octanol–water partition coefficient (Wildman–Crippen LogP) is 0.535. The third kappa shape index (κ3) is 1.72. The van der Waals surface area contributed by atoms with E-state index in [-0.39, 0.29) is 20.9 Å². The molecule has 2 aromatic rings. The first-order valence-electron chi connectivity index (χ1n) is 4.18. The van der Waals surface area contributed by atoms with Gasteiger partial charge in [0.05, 0.1) is 6.20 Å². The molecule has 0 aliphatic carbocycles. The molecule has 84 valence electrons. The molecule has 0 unspecified atom stereocenters. The Morgan fingerprint density at radius 2 is 2.06 bits per heavy atom. The molecule has 2 rings (SSSR count). The number of nitrogen functional groups attached to an aromatic ring is 2. The molecule has 8 heteroatoms. The number of hydrogen-bond acceptors (Lipinski definition) is 7. The lowest BCUT2D eigenvalue weighted by molar-refractivity contribution is 0.597. The van der Waals surface area contributed by atoms with Crippen LogP contribution in [0.2, 0.25) is 0 Å². The summed E-state index contributed by atoms with van der Waals surface area (Å²) in [6.07, 6.45) is 1.12. The number of thiophene rings is 1. The van der Waals surface area contributed by atoms with E-state index in [9.17, 15) is 8.42 Å². The van der Waals surface area contributed by atoms with E-state index in [1.807, 2.05) is 0 Å². The van der Waals surface area contributed by atoms with Gasteiger partial charge in [-0.05, 0) is 11.4 Å². The molecule has 0 radical (unpaired) electrons. The molecular weight excluding hydrogens is 248 g/mol. The lowest BCUT2D eigenvalue weighted by Crippen LogP contribution is -2.08. The first-order valence-corrected chi connectivity index (χ1v) is 6.54. The molecule has 0 amide bonds. The minimum absolute atomic E-state index is 0.0531. The molecule has 0 aromatic carbocycles. The van der Waals surface area contributed by atoms with Crippen molar-refractivity contribution >= 4 is 32.9 Å². The second kappa shape index (κ2) is 3.72. The zero-order valence-electron chi connectivity index (χ0n) is 7.99. The molecule has 16 heavy (non-hydrogen) atoms. The number of aromatic nitrogens is 2. The monoisotopic (exact) mass is 256 g/mol. The Labute approximate surface area is 95.9 Å². The smallest absolute Gasteiger partial charge is 0.221 e. The molecule has 0 spiro atoms. The highest BCUT2D eigenvalue weighted by Gasteiger charge is 2.22. The number of anilines is 2. The van der Waals surface area contributed by atoms with Gasteiger partial charge in [-0.25, -0.2) is 13.4 Å². The molecule has 0 aliphatic rings. The molecule has 0 saturated carbocycles. The van der Waals surface area contributed by atoms with Crippen LogP contribution >= 0.6 is 11.3 Å². The highest BCUT2D eigenvalue weighted by molar-refractivity contribution is 7.93. The molecule has 0 bridgehead atoms. The quantitative estimate of drug-likeness (QED) is 0.810. The molecule has 0 saturated heterocycles. The molecule has 4 N–H and O–H groups in total. The normalized spacial score (nSPS) is 11.5. The second-order valence-electron chi connectivity index (χ2n) is 2.91. The van der Waals surface area contributed by atoms with Gasteiger partial charge in [0.25, 0.3) is 0 Å². The number of rotatable bonds is 2. The predicted molar refractivity (Wildman–Crippen MR) is 60.6 cm³/mol. The Balaban J connectivity index is 2.61. The van der Waals surface area contributed by atoms with E-state index in [4.69, 9.17) is 11.5 Å². The Morgan fingerprint density at radius 1 is 1.31 bits per heavy atom. The third-order valence-electron chi connectivity index (χ3n) is 1.85. The van der Waals surface area contributed by atoms with Crippen LogP contribution in [0.3, 0.4) is 0 Å². The van der Waals surface area contributed by atoms with Crippen LogP contribution in [0.25, 0.3) is 0 Å². The van der Waals surface area contributed by atoms with Gasteiger partial charge in [-0.1, -0.05) is 6.07 Å². The average molecular weight is 256 g/mol. The summed E-state index contributed by atoms with van der Waals surface area (Å²) in [5, 5.41) is 1.67. The fourth-order valence-electron chi connectivity index (χ4n) is 1.13. The van der Waals surface area contributed by atoms with Gasteiger partial charge in [0.1, 0.15) is 14.9 Å². The van der Waals surface area contributed by atoms with Crippen molar-refractivity contribution in [3.63, 3.8) is 0 Å². The van der Waals surface area contributed by atoms with Crippen LogP contribution in [-0.2, 0) is 9.84 Å². The molecule has 0 fully saturated rings. The fraction of sp³-hybridized carbons (Fsp3) is 0. The lowest BCUT2D eigenvalue weighted by atomic mass is 10.6. The molecular formula is C8H8N4O2S2. The van der Waals surface area contributed by atoms with Gasteiger partial charge in [-0.3, -0.25) is 0 Å². The molecule has 6 nitrogen and oxygen atoms in total. The largest absolute Gasteiger partial charge is 0.382 e. The van der Waals surface area contributed by atoms with Crippen LogP contribution in [0.1, 0.15) is 0 Å².